The highest BCUT2D eigenvalue weighted by Crippen LogP contribution is 2.20. The molecule has 5 nitrogen and oxygen atoms in total. The molecule has 1 amide bonds. The van der Waals surface area contributed by atoms with Crippen LogP contribution in [-0.4, -0.2) is 37.0 Å². The van der Waals surface area contributed by atoms with Crippen molar-refractivity contribution in [1.82, 2.24) is 4.90 Å². The van der Waals surface area contributed by atoms with Crippen LogP contribution in [0.25, 0.3) is 0 Å². The Hall–Kier alpha value is -1.75. The van der Waals surface area contributed by atoms with E-state index < -0.39 is 5.91 Å². The van der Waals surface area contributed by atoms with E-state index in [0.29, 0.717) is 17.2 Å². The summed E-state index contributed by atoms with van der Waals surface area (Å²) in [4.78, 5) is 13.6. The number of amides is 1. The molecular formula is C15H24N4O. The molecule has 1 aliphatic heterocycles. The number of benzene rings is 1. The van der Waals surface area contributed by atoms with Crippen molar-refractivity contribution >= 4 is 17.3 Å². The van der Waals surface area contributed by atoms with Crippen LogP contribution in [0.3, 0.4) is 0 Å². The van der Waals surface area contributed by atoms with Gasteiger partial charge in [0.25, 0.3) is 0 Å². The molecule has 0 aromatic heterocycles. The minimum Gasteiger partial charge on any atom is -0.397 e. The summed E-state index contributed by atoms with van der Waals surface area (Å²) in [6, 6.07) is 5.14. The number of nitrogen functional groups attached to an aromatic ring is 1. The Bertz CT molecular complexity index is 469. The summed E-state index contributed by atoms with van der Waals surface area (Å²) in [5, 5.41) is 3.35. The lowest BCUT2D eigenvalue weighted by Gasteiger charge is -2.21. The molecule has 0 aliphatic carbocycles. The van der Waals surface area contributed by atoms with Gasteiger partial charge in [-0.25, -0.2) is 0 Å². The third kappa shape index (κ3) is 3.87. The van der Waals surface area contributed by atoms with Gasteiger partial charge >= 0.3 is 0 Å². The van der Waals surface area contributed by atoms with Gasteiger partial charge in [0.2, 0.25) is 5.91 Å². The Morgan fingerprint density at radius 2 is 2.10 bits per heavy atom. The van der Waals surface area contributed by atoms with Crippen LogP contribution in [0.2, 0.25) is 0 Å². The molecule has 1 atom stereocenters. The van der Waals surface area contributed by atoms with E-state index in [4.69, 9.17) is 11.5 Å². The van der Waals surface area contributed by atoms with Crippen LogP contribution < -0.4 is 16.8 Å². The van der Waals surface area contributed by atoms with Gasteiger partial charge in [-0.05, 0) is 50.0 Å². The number of hydrogen-bond donors (Lipinski definition) is 3. The van der Waals surface area contributed by atoms with Crippen LogP contribution in [0.1, 0.15) is 30.1 Å². The fourth-order valence-corrected chi connectivity index (χ4v) is 2.63. The van der Waals surface area contributed by atoms with Gasteiger partial charge in [-0.3, -0.25) is 4.79 Å². The van der Waals surface area contributed by atoms with Gasteiger partial charge in [0.1, 0.15) is 0 Å². The predicted molar refractivity (Wildman–Crippen MR) is 82.7 cm³/mol. The van der Waals surface area contributed by atoms with Crippen molar-refractivity contribution in [2.45, 2.75) is 19.8 Å². The summed E-state index contributed by atoms with van der Waals surface area (Å²) in [6.45, 7) is 6.67. The molecule has 0 spiro atoms. The number of anilines is 2. The molecule has 110 valence electrons. The van der Waals surface area contributed by atoms with Gasteiger partial charge in [-0.15, -0.1) is 0 Å². The zero-order valence-corrected chi connectivity index (χ0v) is 12.1. The first-order chi connectivity index (χ1) is 9.56. The molecule has 5 N–H and O–H groups in total. The lowest BCUT2D eigenvalue weighted by molar-refractivity contribution is 0.100. The highest BCUT2D eigenvalue weighted by molar-refractivity contribution is 5.94. The Balaban J connectivity index is 1.85. The van der Waals surface area contributed by atoms with Crippen molar-refractivity contribution in [3.05, 3.63) is 23.8 Å². The van der Waals surface area contributed by atoms with Crippen molar-refractivity contribution in [1.29, 1.82) is 0 Å². The van der Waals surface area contributed by atoms with E-state index in [1.165, 1.54) is 25.9 Å². The van der Waals surface area contributed by atoms with E-state index >= 15 is 0 Å². The van der Waals surface area contributed by atoms with E-state index in [0.717, 1.165) is 18.8 Å². The van der Waals surface area contributed by atoms with Crippen LogP contribution in [-0.2, 0) is 0 Å². The Morgan fingerprint density at radius 3 is 2.70 bits per heavy atom. The Labute approximate surface area is 120 Å². The van der Waals surface area contributed by atoms with E-state index in [1.807, 2.05) is 6.07 Å². The summed E-state index contributed by atoms with van der Waals surface area (Å²) in [7, 11) is 0. The molecule has 1 aromatic carbocycles. The average molecular weight is 276 g/mol. The van der Waals surface area contributed by atoms with E-state index in [9.17, 15) is 4.79 Å². The third-order valence-electron chi connectivity index (χ3n) is 3.75. The second kappa shape index (κ2) is 6.61. The summed E-state index contributed by atoms with van der Waals surface area (Å²) < 4.78 is 0. The monoisotopic (exact) mass is 276 g/mol. The van der Waals surface area contributed by atoms with Gasteiger partial charge in [0.05, 0.1) is 11.4 Å². The van der Waals surface area contributed by atoms with Gasteiger partial charge in [-0.2, -0.15) is 0 Å². The van der Waals surface area contributed by atoms with E-state index in [2.05, 4.69) is 17.1 Å². The normalized spacial score (nSPS) is 17.1. The number of nitrogens with two attached hydrogens (primary N) is 2. The molecular weight excluding hydrogens is 252 g/mol. The molecule has 2 rings (SSSR count). The number of primary amides is 1. The third-order valence-corrected chi connectivity index (χ3v) is 3.75. The SMILES string of the molecule is CC(CNc1ccc(C(N)=O)cc1N)CN1CCCC1. The zero-order valence-electron chi connectivity index (χ0n) is 12.1. The summed E-state index contributed by atoms with van der Waals surface area (Å²) in [5.41, 5.74) is 13.0. The molecule has 20 heavy (non-hydrogen) atoms. The fourth-order valence-electron chi connectivity index (χ4n) is 2.63. The predicted octanol–water partition coefficient (Wildman–Crippen LogP) is 1.51. The Morgan fingerprint density at radius 1 is 1.40 bits per heavy atom. The number of nitrogens with one attached hydrogen (secondary N) is 1. The fraction of sp³-hybridized carbons (Fsp3) is 0.533. The van der Waals surface area contributed by atoms with Gasteiger partial charge in [-0.1, -0.05) is 6.92 Å². The van der Waals surface area contributed by atoms with Gasteiger partial charge < -0.3 is 21.7 Å². The lowest BCUT2D eigenvalue weighted by Crippen LogP contribution is -2.29. The summed E-state index contributed by atoms with van der Waals surface area (Å²) in [6.07, 6.45) is 2.64. The molecule has 1 heterocycles. The highest BCUT2D eigenvalue weighted by Gasteiger charge is 2.14. The Kier molecular flexibility index (Phi) is 4.84. The van der Waals surface area contributed by atoms with Crippen molar-refractivity contribution in [3.63, 3.8) is 0 Å². The lowest BCUT2D eigenvalue weighted by atomic mass is 10.1. The molecule has 0 radical (unpaired) electrons. The molecule has 5 heteroatoms. The minimum absolute atomic E-state index is 0.443. The van der Waals surface area contributed by atoms with Gasteiger partial charge in [0.15, 0.2) is 0 Å². The van der Waals surface area contributed by atoms with Crippen molar-refractivity contribution < 1.29 is 4.79 Å². The maximum Gasteiger partial charge on any atom is 0.248 e. The number of hydrogen-bond acceptors (Lipinski definition) is 4. The van der Waals surface area contributed by atoms with Crippen LogP contribution in [0.5, 0.6) is 0 Å². The second-order valence-corrected chi connectivity index (χ2v) is 5.66. The first kappa shape index (κ1) is 14.7. The first-order valence-corrected chi connectivity index (χ1v) is 7.22. The first-order valence-electron chi connectivity index (χ1n) is 7.22. The molecule has 1 aromatic rings. The molecule has 0 bridgehead atoms. The number of likely N-dealkylation sites (tertiary alicyclic amines) is 1. The molecule has 1 unspecified atom stereocenters. The smallest absolute Gasteiger partial charge is 0.248 e. The van der Waals surface area contributed by atoms with Crippen molar-refractivity contribution in [2.24, 2.45) is 11.7 Å². The average Bonchev–Trinajstić information content (AvgIpc) is 2.90. The molecule has 1 aliphatic rings. The van der Waals surface area contributed by atoms with E-state index in [1.54, 1.807) is 12.1 Å². The standard InChI is InChI=1S/C15H24N4O/c1-11(10-19-6-2-3-7-19)9-18-14-5-4-12(15(17)20)8-13(14)16/h4-5,8,11,18H,2-3,6-7,9-10,16H2,1H3,(H2,17,20). The zero-order chi connectivity index (χ0) is 14.5. The van der Waals surface area contributed by atoms with Crippen LogP contribution in [0, 0.1) is 5.92 Å². The van der Waals surface area contributed by atoms with Crippen LogP contribution in [0.15, 0.2) is 18.2 Å². The number of nitrogens with zero attached hydrogens (tertiary/aromatic N) is 1. The quantitative estimate of drug-likeness (QED) is 0.688. The van der Waals surface area contributed by atoms with Crippen molar-refractivity contribution in [2.75, 3.05) is 37.2 Å². The van der Waals surface area contributed by atoms with E-state index in [-0.39, 0.29) is 0 Å². The maximum atomic E-state index is 11.1. The largest absolute Gasteiger partial charge is 0.397 e. The number of carbonyl (C=O) groups is 1. The summed E-state index contributed by atoms with van der Waals surface area (Å²) >= 11 is 0. The summed E-state index contributed by atoms with van der Waals surface area (Å²) in [5.74, 6) is 0.106. The van der Waals surface area contributed by atoms with Crippen LogP contribution >= 0.6 is 0 Å². The minimum atomic E-state index is -0.453. The number of rotatable bonds is 6. The maximum absolute atomic E-state index is 11.1. The van der Waals surface area contributed by atoms with Crippen molar-refractivity contribution in [3.8, 4) is 0 Å². The number of carbonyl (C=O) groups excluding carboxylic acids is 1. The molecule has 0 saturated carbocycles. The molecule has 1 saturated heterocycles. The molecule has 1 fully saturated rings. The highest BCUT2D eigenvalue weighted by atomic mass is 16.1. The topological polar surface area (TPSA) is 84.4 Å². The van der Waals surface area contributed by atoms with Crippen LogP contribution in [0.4, 0.5) is 11.4 Å². The van der Waals surface area contributed by atoms with Gasteiger partial charge in [0, 0.05) is 18.7 Å². The second-order valence-electron chi connectivity index (χ2n) is 5.66.